The van der Waals surface area contributed by atoms with E-state index in [-0.39, 0.29) is 18.3 Å². The number of alkyl halides is 1. The minimum Gasteiger partial charge on any atom is -0.345 e. The maximum atomic E-state index is 13.2. The lowest BCUT2D eigenvalue weighted by Gasteiger charge is -2.13. The Kier molecular flexibility index (Phi) is 5.83. The Balaban J connectivity index is 1.34. The van der Waals surface area contributed by atoms with Crippen molar-refractivity contribution in [3.63, 3.8) is 0 Å². The number of rotatable bonds is 7. The van der Waals surface area contributed by atoms with Crippen LogP contribution < -0.4 is 5.32 Å². The standard InChI is InChI=1S/C25H25FN8O2/c1-15-7-16(21-20-8-18(12-34(20)30-14-28-21)19-10-29-33(4)11-19)5-6-17(15)9-27-23(35)22-31-24(36-32-22)25(2,3)13-26/h5-8,10-12,14H,9,13H2,1-4H3,(H,27,35). The summed E-state index contributed by atoms with van der Waals surface area (Å²) in [6.45, 7) is 4.84. The highest BCUT2D eigenvalue weighted by Crippen LogP contribution is 2.29. The number of hydrogen-bond donors (Lipinski definition) is 1. The molecular weight excluding hydrogens is 463 g/mol. The number of fused-ring (bicyclic) bond motifs is 1. The number of nitrogens with one attached hydrogen (secondary N) is 1. The molecule has 0 fully saturated rings. The van der Waals surface area contributed by atoms with Crippen molar-refractivity contribution in [3.8, 4) is 22.4 Å². The molecule has 11 heteroatoms. The topological polar surface area (TPSA) is 116 Å². The van der Waals surface area contributed by atoms with Crippen LogP contribution in [0.15, 0.2) is 53.7 Å². The summed E-state index contributed by atoms with van der Waals surface area (Å²) in [6.07, 6.45) is 7.24. The van der Waals surface area contributed by atoms with Gasteiger partial charge in [0.15, 0.2) is 0 Å². The van der Waals surface area contributed by atoms with Crippen LogP contribution in [0, 0.1) is 6.92 Å². The molecule has 0 radical (unpaired) electrons. The number of benzene rings is 1. The van der Waals surface area contributed by atoms with Crippen molar-refractivity contribution in [2.75, 3.05) is 6.67 Å². The maximum absolute atomic E-state index is 13.2. The molecule has 0 aliphatic heterocycles. The molecule has 0 spiro atoms. The van der Waals surface area contributed by atoms with Crippen LogP contribution >= 0.6 is 0 Å². The third-order valence-electron chi connectivity index (χ3n) is 6.04. The summed E-state index contributed by atoms with van der Waals surface area (Å²) in [6, 6.07) is 7.97. The lowest BCUT2D eigenvalue weighted by atomic mass is 9.96. The van der Waals surface area contributed by atoms with E-state index in [1.807, 2.05) is 56.8 Å². The molecule has 0 aliphatic rings. The molecule has 0 atom stereocenters. The summed E-state index contributed by atoms with van der Waals surface area (Å²) in [5, 5.41) is 15.1. The third kappa shape index (κ3) is 4.35. The first-order chi connectivity index (χ1) is 17.2. The lowest BCUT2D eigenvalue weighted by molar-refractivity contribution is 0.0937. The van der Waals surface area contributed by atoms with Crippen LogP contribution in [0.5, 0.6) is 0 Å². The van der Waals surface area contributed by atoms with E-state index in [9.17, 15) is 9.18 Å². The van der Waals surface area contributed by atoms with Gasteiger partial charge in [-0.25, -0.2) is 13.9 Å². The summed E-state index contributed by atoms with van der Waals surface area (Å²) < 4.78 is 21.8. The summed E-state index contributed by atoms with van der Waals surface area (Å²) in [5.41, 5.74) is 5.57. The van der Waals surface area contributed by atoms with Crippen molar-refractivity contribution in [2.45, 2.75) is 32.7 Å². The van der Waals surface area contributed by atoms with E-state index in [2.05, 4.69) is 30.6 Å². The Hall–Kier alpha value is -4.41. The normalized spacial score (nSPS) is 11.8. The van der Waals surface area contributed by atoms with Crippen LogP contribution in [0.1, 0.15) is 41.5 Å². The SMILES string of the molecule is Cc1cc(-c2ncnn3cc(-c4cnn(C)c4)cc23)ccc1CNC(=O)c1noc(C(C)(C)CF)n1. The van der Waals surface area contributed by atoms with Gasteiger partial charge in [-0.1, -0.05) is 17.3 Å². The van der Waals surface area contributed by atoms with Gasteiger partial charge < -0.3 is 9.84 Å². The Morgan fingerprint density at radius 1 is 1.14 bits per heavy atom. The predicted molar refractivity (Wildman–Crippen MR) is 130 cm³/mol. The zero-order valence-corrected chi connectivity index (χ0v) is 20.4. The van der Waals surface area contributed by atoms with E-state index in [0.29, 0.717) is 0 Å². The number of aromatic nitrogens is 7. The van der Waals surface area contributed by atoms with E-state index in [4.69, 9.17) is 4.52 Å². The molecule has 5 rings (SSSR count). The molecule has 0 unspecified atom stereocenters. The number of halogens is 1. The molecule has 0 bridgehead atoms. The molecular formula is C25H25FN8O2. The zero-order chi connectivity index (χ0) is 25.4. The van der Waals surface area contributed by atoms with E-state index >= 15 is 0 Å². The van der Waals surface area contributed by atoms with E-state index in [1.54, 1.807) is 23.0 Å². The Morgan fingerprint density at radius 2 is 1.97 bits per heavy atom. The summed E-state index contributed by atoms with van der Waals surface area (Å²) in [5.74, 6) is -0.525. The molecule has 1 aromatic carbocycles. The second-order valence-corrected chi connectivity index (χ2v) is 9.33. The van der Waals surface area contributed by atoms with Crippen molar-refractivity contribution >= 4 is 11.4 Å². The lowest BCUT2D eigenvalue weighted by Crippen LogP contribution is -2.25. The third-order valence-corrected chi connectivity index (χ3v) is 6.04. The van der Waals surface area contributed by atoms with Crippen LogP contribution in [0.4, 0.5) is 4.39 Å². The molecule has 36 heavy (non-hydrogen) atoms. The highest BCUT2D eigenvalue weighted by molar-refractivity contribution is 5.90. The van der Waals surface area contributed by atoms with Gasteiger partial charge in [-0.15, -0.1) is 0 Å². The molecule has 10 nitrogen and oxygen atoms in total. The van der Waals surface area contributed by atoms with Crippen LogP contribution in [-0.4, -0.2) is 47.1 Å². The van der Waals surface area contributed by atoms with Crippen molar-refractivity contribution in [1.82, 2.24) is 39.8 Å². The molecule has 4 heterocycles. The highest BCUT2D eigenvalue weighted by atomic mass is 19.1. The van der Waals surface area contributed by atoms with Crippen LogP contribution in [-0.2, 0) is 19.0 Å². The number of hydrogen-bond acceptors (Lipinski definition) is 7. The van der Waals surface area contributed by atoms with Gasteiger partial charge in [0.2, 0.25) is 5.89 Å². The first-order valence-electron chi connectivity index (χ1n) is 11.4. The van der Waals surface area contributed by atoms with Crippen LogP contribution in [0.3, 0.4) is 0 Å². The fourth-order valence-corrected chi connectivity index (χ4v) is 3.82. The Bertz CT molecular complexity index is 1570. The first kappa shape index (κ1) is 23.3. The minimum atomic E-state index is -0.941. The maximum Gasteiger partial charge on any atom is 0.292 e. The van der Waals surface area contributed by atoms with Gasteiger partial charge >= 0.3 is 0 Å². The van der Waals surface area contributed by atoms with Crippen molar-refractivity contribution in [2.24, 2.45) is 7.05 Å². The molecule has 5 aromatic rings. The van der Waals surface area contributed by atoms with E-state index < -0.39 is 18.0 Å². The van der Waals surface area contributed by atoms with Gasteiger partial charge in [0.05, 0.1) is 22.8 Å². The molecule has 1 N–H and O–H groups in total. The average molecular weight is 489 g/mol. The second kappa shape index (κ2) is 8.99. The van der Waals surface area contributed by atoms with Crippen LogP contribution in [0.2, 0.25) is 0 Å². The van der Waals surface area contributed by atoms with Crippen molar-refractivity contribution < 1.29 is 13.7 Å². The van der Waals surface area contributed by atoms with Gasteiger partial charge in [0, 0.05) is 42.7 Å². The fraction of sp³-hybridized carbons (Fsp3) is 0.280. The van der Waals surface area contributed by atoms with Gasteiger partial charge in [-0.2, -0.15) is 15.2 Å². The summed E-state index contributed by atoms with van der Waals surface area (Å²) in [4.78, 5) is 21.1. The predicted octanol–water partition coefficient (Wildman–Crippen LogP) is 3.67. The number of carbonyl (C=O) groups excluding carboxylic acids is 1. The monoisotopic (exact) mass is 488 g/mol. The molecule has 0 aliphatic carbocycles. The molecule has 1 amide bonds. The zero-order valence-electron chi connectivity index (χ0n) is 20.4. The second-order valence-electron chi connectivity index (χ2n) is 9.33. The number of amides is 1. The summed E-state index contributed by atoms with van der Waals surface area (Å²) >= 11 is 0. The smallest absolute Gasteiger partial charge is 0.292 e. The van der Waals surface area contributed by atoms with E-state index in [1.165, 1.54) is 6.33 Å². The minimum absolute atomic E-state index is 0.0870. The first-order valence-corrected chi connectivity index (χ1v) is 11.4. The van der Waals surface area contributed by atoms with Gasteiger partial charge in [0.25, 0.3) is 11.7 Å². The number of aryl methyl sites for hydroxylation is 2. The van der Waals surface area contributed by atoms with Crippen LogP contribution in [0.25, 0.3) is 27.9 Å². The highest BCUT2D eigenvalue weighted by Gasteiger charge is 2.29. The van der Waals surface area contributed by atoms with Gasteiger partial charge in [0.1, 0.15) is 13.0 Å². The van der Waals surface area contributed by atoms with Crippen molar-refractivity contribution in [1.29, 1.82) is 0 Å². The van der Waals surface area contributed by atoms with Gasteiger partial charge in [-0.05, 0) is 44.0 Å². The van der Waals surface area contributed by atoms with Gasteiger partial charge in [-0.3, -0.25) is 9.48 Å². The van der Waals surface area contributed by atoms with Crippen molar-refractivity contribution in [3.05, 3.63) is 72.0 Å². The quantitative estimate of drug-likeness (QED) is 0.372. The molecule has 184 valence electrons. The molecule has 4 aromatic heterocycles. The van der Waals surface area contributed by atoms with E-state index in [0.717, 1.165) is 39.0 Å². The molecule has 0 saturated carbocycles. The Labute approximate surface area is 206 Å². The number of carbonyl (C=O) groups is 1. The number of nitrogens with zero attached hydrogens (tertiary/aromatic N) is 7. The average Bonchev–Trinajstić information content (AvgIpc) is 3.62. The fourth-order valence-electron chi connectivity index (χ4n) is 3.82. The summed E-state index contributed by atoms with van der Waals surface area (Å²) in [7, 11) is 1.88. The Morgan fingerprint density at radius 3 is 2.69 bits per heavy atom. The largest absolute Gasteiger partial charge is 0.345 e. The molecule has 0 saturated heterocycles.